The molecule has 0 aliphatic heterocycles. The smallest absolute Gasteiger partial charge is 0.416 e. The molecule has 1 N–H and O–H groups in total. The summed E-state index contributed by atoms with van der Waals surface area (Å²) in [4.78, 5) is 0. The number of rotatable bonds is 2. The highest BCUT2D eigenvalue weighted by atomic mass is 19.4. The third kappa shape index (κ3) is 3.01. The van der Waals surface area contributed by atoms with Gasteiger partial charge in [0.25, 0.3) is 0 Å². The highest BCUT2D eigenvalue weighted by Crippen LogP contribution is 2.45. The van der Waals surface area contributed by atoms with E-state index in [-0.39, 0.29) is 35.5 Å². The second kappa shape index (κ2) is 5.49. The summed E-state index contributed by atoms with van der Waals surface area (Å²) >= 11 is 0. The Bertz CT molecular complexity index is 735. The van der Waals surface area contributed by atoms with Gasteiger partial charge in [-0.15, -0.1) is 0 Å². The van der Waals surface area contributed by atoms with Gasteiger partial charge in [0.15, 0.2) is 0 Å². The fourth-order valence-corrected chi connectivity index (χ4v) is 2.77. The number of aliphatic hydroxyl groups is 1. The van der Waals surface area contributed by atoms with Crippen LogP contribution in [0.2, 0.25) is 0 Å². The lowest BCUT2D eigenvalue weighted by molar-refractivity contribution is -0.139. The van der Waals surface area contributed by atoms with Crippen molar-refractivity contribution in [2.75, 3.05) is 0 Å². The van der Waals surface area contributed by atoms with E-state index in [0.29, 0.717) is 6.07 Å². The van der Waals surface area contributed by atoms with Crippen LogP contribution < -0.4 is 4.74 Å². The molecule has 1 atom stereocenters. The third-order valence-electron chi connectivity index (χ3n) is 3.68. The zero-order valence-corrected chi connectivity index (χ0v) is 11.6. The molecule has 0 fully saturated rings. The summed E-state index contributed by atoms with van der Waals surface area (Å²) < 4.78 is 70.8. The Morgan fingerprint density at radius 1 is 1.04 bits per heavy atom. The molecule has 2 aromatic rings. The average Bonchev–Trinajstić information content (AvgIpc) is 2.79. The highest BCUT2D eigenvalue weighted by Gasteiger charge is 2.39. The molecule has 0 radical (unpaired) electrons. The van der Waals surface area contributed by atoms with Gasteiger partial charge < -0.3 is 9.84 Å². The van der Waals surface area contributed by atoms with E-state index in [2.05, 4.69) is 0 Å². The van der Waals surface area contributed by atoms with Crippen molar-refractivity contribution in [3.05, 3.63) is 58.7 Å². The SMILES string of the molecule is O[C@@H]1CCc2c(Oc3cc(F)cc(F)c3)ccc(C(F)(F)F)c21. The summed E-state index contributed by atoms with van der Waals surface area (Å²) in [5, 5.41) is 9.83. The van der Waals surface area contributed by atoms with Crippen LogP contribution in [0, 0.1) is 11.6 Å². The Morgan fingerprint density at radius 3 is 2.30 bits per heavy atom. The molecule has 0 saturated heterocycles. The van der Waals surface area contributed by atoms with Gasteiger partial charge in [0.1, 0.15) is 23.1 Å². The fourth-order valence-electron chi connectivity index (χ4n) is 2.77. The first-order valence-electron chi connectivity index (χ1n) is 6.80. The Labute approximate surface area is 128 Å². The summed E-state index contributed by atoms with van der Waals surface area (Å²) in [5.74, 6) is -1.83. The second-order valence-electron chi connectivity index (χ2n) is 5.26. The topological polar surface area (TPSA) is 29.5 Å². The Kier molecular flexibility index (Phi) is 3.75. The number of benzene rings is 2. The number of halogens is 5. The molecule has 23 heavy (non-hydrogen) atoms. The van der Waals surface area contributed by atoms with Crippen molar-refractivity contribution in [1.29, 1.82) is 0 Å². The quantitative estimate of drug-likeness (QED) is 0.805. The molecular weight excluding hydrogens is 319 g/mol. The molecule has 0 amide bonds. The Morgan fingerprint density at radius 2 is 1.70 bits per heavy atom. The molecule has 2 aromatic carbocycles. The first-order chi connectivity index (χ1) is 10.8. The van der Waals surface area contributed by atoms with E-state index in [1.54, 1.807) is 0 Å². The van der Waals surface area contributed by atoms with Crippen LogP contribution in [0.4, 0.5) is 22.0 Å². The van der Waals surface area contributed by atoms with Gasteiger partial charge in [-0.2, -0.15) is 13.2 Å². The minimum atomic E-state index is -4.60. The van der Waals surface area contributed by atoms with Crippen LogP contribution in [0.15, 0.2) is 30.3 Å². The van der Waals surface area contributed by atoms with E-state index in [0.717, 1.165) is 24.3 Å². The molecule has 3 rings (SSSR count). The number of hydrogen-bond donors (Lipinski definition) is 1. The van der Waals surface area contributed by atoms with Gasteiger partial charge in [0.2, 0.25) is 0 Å². The molecule has 0 unspecified atom stereocenters. The Balaban J connectivity index is 2.05. The summed E-state index contributed by atoms with van der Waals surface area (Å²) in [5.41, 5.74) is -0.945. The van der Waals surface area contributed by atoms with Crippen LogP contribution in [-0.2, 0) is 12.6 Å². The summed E-state index contributed by atoms with van der Waals surface area (Å²) in [6, 6.07) is 4.42. The second-order valence-corrected chi connectivity index (χ2v) is 5.26. The zero-order valence-electron chi connectivity index (χ0n) is 11.6. The van der Waals surface area contributed by atoms with Crippen molar-refractivity contribution >= 4 is 0 Å². The van der Waals surface area contributed by atoms with Crippen LogP contribution >= 0.6 is 0 Å². The van der Waals surface area contributed by atoms with E-state index in [1.807, 2.05) is 0 Å². The number of aliphatic hydroxyl groups excluding tert-OH is 1. The van der Waals surface area contributed by atoms with Crippen molar-refractivity contribution in [3.63, 3.8) is 0 Å². The van der Waals surface area contributed by atoms with Crippen molar-refractivity contribution in [3.8, 4) is 11.5 Å². The molecule has 2 nitrogen and oxygen atoms in total. The average molecular weight is 330 g/mol. The molecule has 122 valence electrons. The minimum absolute atomic E-state index is 0.0505. The van der Waals surface area contributed by atoms with Gasteiger partial charge in [-0.05, 0) is 30.5 Å². The van der Waals surface area contributed by atoms with Gasteiger partial charge in [0, 0.05) is 23.8 Å². The maximum atomic E-state index is 13.2. The van der Waals surface area contributed by atoms with Crippen LogP contribution in [0.5, 0.6) is 11.5 Å². The molecule has 1 aliphatic rings. The van der Waals surface area contributed by atoms with E-state index < -0.39 is 29.5 Å². The van der Waals surface area contributed by atoms with Gasteiger partial charge in [-0.1, -0.05) is 0 Å². The Hall–Kier alpha value is -2.15. The van der Waals surface area contributed by atoms with E-state index in [4.69, 9.17) is 4.74 Å². The normalized spacial score (nSPS) is 17.2. The van der Waals surface area contributed by atoms with Gasteiger partial charge in [-0.3, -0.25) is 0 Å². The zero-order chi connectivity index (χ0) is 16.8. The van der Waals surface area contributed by atoms with E-state index in [1.165, 1.54) is 0 Å². The predicted octanol–water partition coefficient (Wildman–Crippen LogP) is 4.76. The summed E-state index contributed by atoms with van der Waals surface area (Å²) in [6.07, 6.45) is -5.52. The van der Waals surface area contributed by atoms with Crippen LogP contribution in [0.3, 0.4) is 0 Å². The van der Waals surface area contributed by atoms with Crippen molar-refractivity contribution in [2.24, 2.45) is 0 Å². The number of hydrogen-bond acceptors (Lipinski definition) is 2. The number of fused-ring (bicyclic) bond motifs is 1. The molecule has 7 heteroatoms. The standard InChI is InChI=1S/C16H11F5O2/c17-8-5-9(18)7-10(6-8)23-14-4-2-12(16(19,20)21)15-11(14)1-3-13(15)22/h2,4-7,13,22H,1,3H2/t13-/m1/s1. The van der Waals surface area contributed by atoms with Crippen molar-refractivity contribution in [1.82, 2.24) is 0 Å². The molecule has 0 spiro atoms. The largest absolute Gasteiger partial charge is 0.457 e. The molecule has 0 aromatic heterocycles. The number of ether oxygens (including phenoxy) is 1. The van der Waals surface area contributed by atoms with Crippen LogP contribution in [-0.4, -0.2) is 5.11 Å². The lowest BCUT2D eigenvalue weighted by Gasteiger charge is -2.17. The monoisotopic (exact) mass is 330 g/mol. The fraction of sp³-hybridized carbons (Fsp3) is 0.250. The maximum Gasteiger partial charge on any atom is 0.416 e. The van der Waals surface area contributed by atoms with Crippen LogP contribution in [0.1, 0.15) is 29.2 Å². The van der Waals surface area contributed by atoms with E-state index in [9.17, 15) is 27.1 Å². The molecule has 0 bridgehead atoms. The summed E-state index contributed by atoms with van der Waals surface area (Å²) in [6.45, 7) is 0. The first kappa shape index (κ1) is 15.7. The van der Waals surface area contributed by atoms with Gasteiger partial charge in [-0.25, -0.2) is 8.78 Å². The van der Waals surface area contributed by atoms with Crippen molar-refractivity contribution < 1.29 is 31.8 Å². The van der Waals surface area contributed by atoms with E-state index >= 15 is 0 Å². The van der Waals surface area contributed by atoms with Crippen molar-refractivity contribution in [2.45, 2.75) is 25.1 Å². The third-order valence-corrected chi connectivity index (χ3v) is 3.68. The van der Waals surface area contributed by atoms with Crippen LogP contribution in [0.25, 0.3) is 0 Å². The molecule has 0 heterocycles. The lowest BCUT2D eigenvalue weighted by Crippen LogP contribution is -2.11. The predicted molar refractivity (Wildman–Crippen MR) is 71.2 cm³/mol. The number of alkyl halides is 3. The first-order valence-corrected chi connectivity index (χ1v) is 6.80. The molecular formula is C16H11F5O2. The summed E-state index contributed by atoms with van der Waals surface area (Å²) in [7, 11) is 0. The lowest BCUT2D eigenvalue weighted by atomic mass is 10.0. The van der Waals surface area contributed by atoms with Gasteiger partial charge in [0.05, 0.1) is 11.7 Å². The van der Waals surface area contributed by atoms with Gasteiger partial charge >= 0.3 is 6.18 Å². The molecule has 1 aliphatic carbocycles. The minimum Gasteiger partial charge on any atom is -0.457 e. The highest BCUT2D eigenvalue weighted by molar-refractivity contribution is 5.51. The molecule has 0 saturated carbocycles. The maximum absolute atomic E-state index is 13.2.